The molecule has 0 saturated heterocycles. The Balaban J connectivity index is 2.22. The zero-order valence-corrected chi connectivity index (χ0v) is 9.42. The zero-order valence-electron chi connectivity index (χ0n) is 9.42. The highest BCUT2D eigenvalue weighted by atomic mass is 16.5. The molecule has 0 aliphatic heterocycles. The van der Waals surface area contributed by atoms with E-state index in [4.69, 9.17) is 9.47 Å². The number of nitrogens with one attached hydrogen (secondary N) is 1. The second-order valence-corrected chi connectivity index (χ2v) is 3.85. The lowest BCUT2D eigenvalue weighted by Gasteiger charge is -2.31. The number of hydrogen-bond donors (Lipinski definition) is 1. The topological polar surface area (TPSA) is 30.5 Å². The molecule has 84 valence electrons. The molecule has 1 fully saturated rings. The van der Waals surface area contributed by atoms with Gasteiger partial charge in [-0.3, -0.25) is 0 Å². The molecule has 1 rings (SSSR count). The molecule has 2 unspecified atom stereocenters. The molecular formula is C11H23NO2. The van der Waals surface area contributed by atoms with Crippen LogP contribution >= 0.6 is 0 Å². The Morgan fingerprint density at radius 3 is 2.71 bits per heavy atom. The molecule has 0 heterocycles. The van der Waals surface area contributed by atoms with E-state index in [1.807, 2.05) is 0 Å². The van der Waals surface area contributed by atoms with E-state index >= 15 is 0 Å². The molecule has 1 aliphatic carbocycles. The summed E-state index contributed by atoms with van der Waals surface area (Å²) in [7, 11) is 1.71. The minimum absolute atomic E-state index is 0.402. The van der Waals surface area contributed by atoms with Gasteiger partial charge in [0.25, 0.3) is 0 Å². The van der Waals surface area contributed by atoms with Crippen molar-refractivity contribution in [1.29, 1.82) is 0 Å². The van der Waals surface area contributed by atoms with Crippen molar-refractivity contribution >= 4 is 0 Å². The van der Waals surface area contributed by atoms with E-state index in [0.29, 0.717) is 18.8 Å². The van der Waals surface area contributed by atoms with Crippen molar-refractivity contribution in [1.82, 2.24) is 5.32 Å². The van der Waals surface area contributed by atoms with Crippen LogP contribution in [-0.2, 0) is 9.47 Å². The van der Waals surface area contributed by atoms with E-state index in [2.05, 4.69) is 12.2 Å². The molecular weight excluding hydrogens is 178 g/mol. The van der Waals surface area contributed by atoms with Crippen molar-refractivity contribution in [3.05, 3.63) is 0 Å². The first-order valence-corrected chi connectivity index (χ1v) is 5.72. The Hall–Kier alpha value is -0.120. The van der Waals surface area contributed by atoms with Crippen molar-refractivity contribution in [3.8, 4) is 0 Å². The molecule has 0 spiro atoms. The SMILES string of the molecule is CCNC1CCCCC1OCCOC. The summed E-state index contributed by atoms with van der Waals surface area (Å²) in [6, 6.07) is 0.561. The Kier molecular flexibility index (Phi) is 6.15. The van der Waals surface area contributed by atoms with Crippen molar-refractivity contribution in [2.75, 3.05) is 26.9 Å². The summed E-state index contributed by atoms with van der Waals surface area (Å²) in [5, 5.41) is 3.50. The lowest BCUT2D eigenvalue weighted by molar-refractivity contribution is -0.0174. The summed E-state index contributed by atoms with van der Waals surface area (Å²) in [5.74, 6) is 0. The zero-order chi connectivity index (χ0) is 10.2. The normalized spacial score (nSPS) is 27.9. The summed E-state index contributed by atoms with van der Waals surface area (Å²) < 4.78 is 10.8. The summed E-state index contributed by atoms with van der Waals surface area (Å²) in [5.41, 5.74) is 0. The summed E-state index contributed by atoms with van der Waals surface area (Å²) in [4.78, 5) is 0. The Bertz CT molecular complexity index is 139. The number of rotatable bonds is 6. The van der Waals surface area contributed by atoms with Gasteiger partial charge in [-0.25, -0.2) is 0 Å². The van der Waals surface area contributed by atoms with Crippen LogP contribution in [0.25, 0.3) is 0 Å². The van der Waals surface area contributed by atoms with E-state index in [1.165, 1.54) is 25.7 Å². The highest BCUT2D eigenvalue weighted by molar-refractivity contribution is 4.81. The van der Waals surface area contributed by atoms with Crippen LogP contribution in [0.5, 0.6) is 0 Å². The van der Waals surface area contributed by atoms with Gasteiger partial charge in [0.2, 0.25) is 0 Å². The Morgan fingerprint density at radius 1 is 1.21 bits per heavy atom. The third-order valence-electron chi connectivity index (χ3n) is 2.79. The fourth-order valence-electron chi connectivity index (χ4n) is 2.07. The van der Waals surface area contributed by atoms with Gasteiger partial charge in [-0.2, -0.15) is 0 Å². The molecule has 1 aliphatic rings. The molecule has 2 atom stereocenters. The lowest BCUT2D eigenvalue weighted by Crippen LogP contribution is -2.43. The molecule has 0 aromatic heterocycles. The molecule has 0 aromatic carbocycles. The predicted octanol–water partition coefficient (Wildman–Crippen LogP) is 1.57. The number of hydrogen-bond acceptors (Lipinski definition) is 3. The lowest BCUT2D eigenvalue weighted by atomic mass is 9.92. The maximum Gasteiger partial charge on any atom is 0.0729 e. The quantitative estimate of drug-likeness (QED) is 0.662. The average molecular weight is 201 g/mol. The monoisotopic (exact) mass is 201 g/mol. The molecule has 0 bridgehead atoms. The van der Waals surface area contributed by atoms with Gasteiger partial charge in [0.15, 0.2) is 0 Å². The van der Waals surface area contributed by atoms with Crippen LogP contribution in [-0.4, -0.2) is 39.0 Å². The summed E-state index contributed by atoms with van der Waals surface area (Å²) in [6.07, 6.45) is 5.49. The minimum Gasteiger partial charge on any atom is -0.382 e. The van der Waals surface area contributed by atoms with Crippen molar-refractivity contribution in [3.63, 3.8) is 0 Å². The van der Waals surface area contributed by atoms with Crippen LogP contribution < -0.4 is 5.32 Å². The van der Waals surface area contributed by atoms with Crippen molar-refractivity contribution in [2.24, 2.45) is 0 Å². The smallest absolute Gasteiger partial charge is 0.0729 e. The molecule has 14 heavy (non-hydrogen) atoms. The Labute approximate surface area is 87.2 Å². The van der Waals surface area contributed by atoms with Gasteiger partial charge in [-0.1, -0.05) is 19.8 Å². The van der Waals surface area contributed by atoms with Gasteiger partial charge < -0.3 is 14.8 Å². The maximum atomic E-state index is 5.80. The van der Waals surface area contributed by atoms with Crippen LogP contribution in [0.15, 0.2) is 0 Å². The van der Waals surface area contributed by atoms with E-state index in [1.54, 1.807) is 7.11 Å². The van der Waals surface area contributed by atoms with E-state index in [9.17, 15) is 0 Å². The molecule has 1 N–H and O–H groups in total. The van der Waals surface area contributed by atoms with Crippen LogP contribution in [0.1, 0.15) is 32.6 Å². The van der Waals surface area contributed by atoms with Crippen LogP contribution in [0.2, 0.25) is 0 Å². The molecule has 0 aromatic rings. The van der Waals surface area contributed by atoms with Crippen LogP contribution in [0.3, 0.4) is 0 Å². The van der Waals surface area contributed by atoms with Crippen molar-refractivity contribution < 1.29 is 9.47 Å². The van der Waals surface area contributed by atoms with Gasteiger partial charge >= 0.3 is 0 Å². The van der Waals surface area contributed by atoms with E-state index in [0.717, 1.165) is 13.2 Å². The number of ether oxygens (including phenoxy) is 2. The minimum atomic E-state index is 0.402. The van der Waals surface area contributed by atoms with Crippen molar-refractivity contribution in [2.45, 2.75) is 44.8 Å². The molecule has 1 saturated carbocycles. The predicted molar refractivity (Wildman–Crippen MR) is 57.5 cm³/mol. The van der Waals surface area contributed by atoms with Crippen LogP contribution in [0, 0.1) is 0 Å². The first kappa shape index (κ1) is 12.0. The number of methoxy groups -OCH3 is 1. The largest absolute Gasteiger partial charge is 0.382 e. The molecule has 0 radical (unpaired) electrons. The van der Waals surface area contributed by atoms with Gasteiger partial charge in [0.1, 0.15) is 0 Å². The maximum absolute atomic E-state index is 5.80. The second-order valence-electron chi connectivity index (χ2n) is 3.85. The Morgan fingerprint density at radius 2 is 2.00 bits per heavy atom. The molecule has 0 amide bonds. The van der Waals surface area contributed by atoms with Gasteiger partial charge in [0, 0.05) is 13.2 Å². The fourth-order valence-corrected chi connectivity index (χ4v) is 2.07. The van der Waals surface area contributed by atoms with Crippen LogP contribution in [0.4, 0.5) is 0 Å². The second kappa shape index (κ2) is 7.21. The van der Waals surface area contributed by atoms with E-state index < -0.39 is 0 Å². The van der Waals surface area contributed by atoms with E-state index in [-0.39, 0.29) is 0 Å². The first-order chi connectivity index (χ1) is 6.88. The molecule has 3 nitrogen and oxygen atoms in total. The fraction of sp³-hybridized carbons (Fsp3) is 1.00. The standard InChI is InChI=1S/C11H23NO2/c1-3-12-10-6-4-5-7-11(10)14-9-8-13-2/h10-12H,3-9H2,1-2H3. The van der Waals surface area contributed by atoms with Gasteiger partial charge in [-0.15, -0.1) is 0 Å². The number of likely N-dealkylation sites (N-methyl/N-ethyl adjacent to an activating group) is 1. The average Bonchev–Trinajstić information content (AvgIpc) is 2.21. The summed E-state index contributed by atoms with van der Waals surface area (Å²) in [6.45, 7) is 4.62. The molecule has 3 heteroatoms. The highest BCUT2D eigenvalue weighted by Gasteiger charge is 2.24. The van der Waals surface area contributed by atoms with Gasteiger partial charge in [-0.05, 0) is 19.4 Å². The third kappa shape index (κ3) is 3.95. The highest BCUT2D eigenvalue weighted by Crippen LogP contribution is 2.21. The van der Waals surface area contributed by atoms with Gasteiger partial charge in [0.05, 0.1) is 19.3 Å². The first-order valence-electron chi connectivity index (χ1n) is 5.72. The summed E-state index contributed by atoms with van der Waals surface area (Å²) >= 11 is 0. The third-order valence-corrected chi connectivity index (χ3v) is 2.79.